The summed E-state index contributed by atoms with van der Waals surface area (Å²) in [7, 11) is 0. The van der Waals surface area contributed by atoms with Crippen LogP contribution < -0.4 is 10.5 Å². The van der Waals surface area contributed by atoms with Gasteiger partial charge in [0, 0.05) is 6.04 Å². The highest BCUT2D eigenvalue weighted by molar-refractivity contribution is 6.32. The lowest BCUT2D eigenvalue weighted by Crippen LogP contribution is -2.15. The molecule has 0 aromatic heterocycles. The van der Waals surface area contributed by atoms with E-state index in [1.165, 1.54) is 0 Å². The van der Waals surface area contributed by atoms with E-state index in [1.807, 2.05) is 19.9 Å². The molecule has 2 N–H and O–H groups in total. The van der Waals surface area contributed by atoms with Crippen LogP contribution in [0.4, 0.5) is 0 Å². The van der Waals surface area contributed by atoms with Crippen LogP contribution in [0.15, 0.2) is 18.2 Å². The molecule has 5 heteroatoms. The average molecular weight is 286 g/mol. The summed E-state index contributed by atoms with van der Waals surface area (Å²) in [6.45, 7) is 4.19. The molecule has 1 aromatic carbocycles. The number of halogens is 1. The Morgan fingerprint density at radius 1 is 1.47 bits per heavy atom. The molecule has 0 aliphatic carbocycles. The number of unbranched alkanes of at least 4 members (excludes halogenated alkanes) is 1. The number of ether oxygens (including phenoxy) is 2. The highest BCUT2D eigenvalue weighted by Crippen LogP contribution is 2.27. The molecule has 0 bridgehead atoms. The molecule has 0 spiro atoms. The van der Waals surface area contributed by atoms with E-state index < -0.39 is 0 Å². The van der Waals surface area contributed by atoms with Gasteiger partial charge in [0.25, 0.3) is 0 Å². The van der Waals surface area contributed by atoms with Gasteiger partial charge in [-0.1, -0.05) is 31.0 Å². The lowest BCUT2D eigenvalue weighted by Gasteiger charge is -2.11. The third-order valence-electron chi connectivity index (χ3n) is 2.59. The summed E-state index contributed by atoms with van der Waals surface area (Å²) < 4.78 is 10.3. The molecule has 0 fully saturated rings. The normalized spacial score (nSPS) is 12.0. The van der Waals surface area contributed by atoms with Crippen molar-refractivity contribution in [1.82, 2.24) is 0 Å². The molecule has 0 radical (unpaired) electrons. The van der Waals surface area contributed by atoms with Crippen LogP contribution in [0.3, 0.4) is 0 Å². The van der Waals surface area contributed by atoms with E-state index >= 15 is 0 Å². The molecule has 19 heavy (non-hydrogen) atoms. The fourth-order valence-corrected chi connectivity index (χ4v) is 1.67. The molecule has 106 valence electrons. The van der Waals surface area contributed by atoms with E-state index in [0.29, 0.717) is 17.4 Å². The summed E-state index contributed by atoms with van der Waals surface area (Å²) in [6.07, 6.45) is 1.84. The van der Waals surface area contributed by atoms with Crippen molar-refractivity contribution in [1.29, 1.82) is 0 Å². The van der Waals surface area contributed by atoms with Crippen molar-refractivity contribution in [3.8, 4) is 5.75 Å². The van der Waals surface area contributed by atoms with Crippen LogP contribution in [-0.4, -0.2) is 19.2 Å². The van der Waals surface area contributed by atoms with Crippen LogP contribution >= 0.6 is 11.6 Å². The van der Waals surface area contributed by atoms with Gasteiger partial charge in [0.05, 0.1) is 11.6 Å². The first kappa shape index (κ1) is 15.8. The van der Waals surface area contributed by atoms with Crippen LogP contribution in [0.2, 0.25) is 5.02 Å². The highest BCUT2D eigenvalue weighted by Gasteiger charge is 2.09. The minimum Gasteiger partial charge on any atom is -0.480 e. The largest absolute Gasteiger partial charge is 0.480 e. The van der Waals surface area contributed by atoms with Gasteiger partial charge in [-0.15, -0.1) is 0 Å². The molecule has 0 aliphatic rings. The Labute approximate surface area is 118 Å². The number of benzene rings is 1. The van der Waals surface area contributed by atoms with Gasteiger partial charge in [-0.05, 0) is 31.0 Å². The van der Waals surface area contributed by atoms with Crippen molar-refractivity contribution in [2.24, 2.45) is 5.73 Å². The molecule has 1 rings (SSSR count). The first-order valence-electron chi connectivity index (χ1n) is 6.38. The first-order chi connectivity index (χ1) is 9.04. The highest BCUT2D eigenvalue weighted by atomic mass is 35.5. The first-order valence-corrected chi connectivity index (χ1v) is 6.75. The third kappa shape index (κ3) is 5.49. The van der Waals surface area contributed by atoms with E-state index in [-0.39, 0.29) is 18.6 Å². The van der Waals surface area contributed by atoms with Crippen molar-refractivity contribution in [3.05, 3.63) is 28.8 Å². The van der Waals surface area contributed by atoms with Gasteiger partial charge in [0.2, 0.25) is 0 Å². The van der Waals surface area contributed by atoms with Gasteiger partial charge in [-0.3, -0.25) is 0 Å². The number of carbonyl (C=O) groups excluding carboxylic acids is 1. The molecule has 0 heterocycles. The predicted octanol–water partition coefficient (Wildman–Crippen LogP) is 3.08. The van der Waals surface area contributed by atoms with Gasteiger partial charge < -0.3 is 15.2 Å². The zero-order valence-electron chi connectivity index (χ0n) is 11.3. The Balaban J connectivity index is 2.47. The number of hydrogen-bond acceptors (Lipinski definition) is 4. The maximum atomic E-state index is 11.4. The van der Waals surface area contributed by atoms with Crippen molar-refractivity contribution in [3.63, 3.8) is 0 Å². The van der Waals surface area contributed by atoms with Crippen molar-refractivity contribution in [2.45, 2.75) is 32.7 Å². The second-order valence-electron chi connectivity index (χ2n) is 4.34. The molecule has 0 aliphatic heterocycles. The smallest absolute Gasteiger partial charge is 0.344 e. The molecule has 0 saturated carbocycles. The van der Waals surface area contributed by atoms with E-state index in [2.05, 4.69) is 0 Å². The van der Waals surface area contributed by atoms with Crippen molar-refractivity contribution < 1.29 is 14.3 Å². The van der Waals surface area contributed by atoms with Gasteiger partial charge >= 0.3 is 5.97 Å². The predicted molar refractivity (Wildman–Crippen MR) is 75.4 cm³/mol. The lowest BCUT2D eigenvalue weighted by atomic mass is 10.1. The van der Waals surface area contributed by atoms with Gasteiger partial charge in [-0.25, -0.2) is 4.79 Å². The Morgan fingerprint density at radius 3 is 2.79 bits per heavy atom. The molecular weight excluding hydrogens is 266 g/mol. The summed E-state index contributed by atoms with van der Waals surface area (Å²) in [5.41, 5.74) is 6.67. The fraction of sp³-hybridized carbons (Fsp3) is 0.500. The van der Waals surface area contributed by atoms with Gasteiger partial charge in [0.15, 0.2) is 6.61 Å². The number of esters is 1. The maximum absolute atomic E-state index is 11.4. The number of rotatable bonds is 7. The molecule has 0 amide bonds. The Kier molecular flexibility index (Phi) is 6.67. The Morgan fingerprint density at radius 2 is 2.21 bits per heavy atom. The van der Waals surface area contributed by atoms with Crippen molar-refractivity contribution >= 4 is 17.6 Å². The molecule has 0 unspecified atom stereocenters. The van der Waals surface area contributed by atoms with Crippen LogP contribution in [-0.2, 0) is 9.53 Å². The zero-order valence-corrected chi connectivity index (χ0v) is 12.1. The topological polar surface area (TPSA) is 61.5 Å². The SMILES string of the molecule is CCCCOC(=O)COc1ccc([C@H](C)N)cc1Cl. The van der Waals surface area contributed by atoms with E-state index in [9.17, 15) is 4.79 Å². The van der Waals surface area contributed by atoms with Gasteiger partial charge in [0.1, 0.15) is 5.75 Å². The van der Waals surface area contributed by atoms with E-state index in [0.717, 1.165) is 18.4 Å². The summed E-state index contributed by atoms with van der Waals surface area (Å²) in [5, 5.41) is 0.441. The quantitative estimate of drug-likeness (QED) is 0.618. The fourth-order valence-electron chi connectivity index (χ4n) is 1.43. The van der Waals surface area contributed by atoms with Crippen LogP contribution in [0.25, 0.3) is 0 Å². The molecule has 0 saturated heterocycles. The third-order valence-corrected chi connectivity index (χ3v) is 2.88. The summed E-state index contributed by atoms with van der Waals surface area (Å²) in [5.74, 6) is 0.0688. The zero-order chi connectivity index (χ0) is 14.3. The monoisotopic (exact) mass is 285 g/mol. The Bertz CT molecular complexity index is 421. The standard InChI is InChI=1S/C14H20ClNO3/c1-3-4-7-18-14(17)9-19-13-6-5-11(10(2)16)8-12(13)15/h5-6,8,10H,3-4,7,9,16H2,1-2H3/t10-/m0/s1. The lowest BCUT2D eigenvalue weighted by molar-refractivity contribution is -0.146. The van der Waals surface area contributed by atoms with Crippen LogP contribution in [0.5, 0.6) is 5.75 Å². The maximum Gasteiger partial charge on any atom is 0.344 e. The van der Waals surface area contributed by atoms with Gasteiger partial charge in [-0.2, -0.15) is 0 Å². The second kappa shape index (κ2) is 8.02. The van der Waals surface area contributed by atoms with E-state index in [1.54, 1.807) is 12.1 Å². The van der Waals surface area contributed by atoms with Crippen LogP contribution in [0.1, 0.15) is 38.3 Å². The van der Waals surface area contributed by atoms with Crippen LogP contribution in [0, 0.1) is 0 Å². The molecule has 1 atom stereocenters. The minimum absolute atomic E-state index is 0.0921. The van der Waals surface area contributed by atoms with E-state index in [4.69, 9.17) is 26.8 Å². The van der Waals surface area contributed by atoms with Crippen molar-refractivity contribution in [2.75, 3.05) is 13.2 Å². The number of nitrogens with two attached hydrogens (primary N) is 1. The summed E-state index contributed by atoms with van der Waals surface area (Å²) in [4.78, 5) is 11.4. The Hall–Kier alpha value is -1.26. The second-order valence-corrected chi connectivity index (χ2v) is 4.75. The summed E-state index contributed by atoms with van der Waals surface area (Å²) >= 11 is 6.05. The molecule has 4 nitrogen and oxygen atoms in total. The summed E-state index contributed by atoms with van der Waals surface area (Å²) in [6, 6.07) is 5.18. The number of hydrogen-bond donors (Lipinski definition) is 1. The minimum atomic E-state index is -0.388. The molecular formula is C14H20ClNO3. The molecule has 1 aromatic rings. The average Bonchev–Trinajstić information content (AvgIpc) is 2.37. The number of carbonyl (C=O) groups is 1.